The van der Waals surface area contributed by atoms with Crippen LogP contribution in [0.1, 0.15) is 51.7 Å². The van der Waals surface area contributed by atoms with E-state index in [9.17, 15) is 9.59 Å². The molecule has 0 aliphatic carbocycles. The molecule has 0 aliphatic rings. The molecule has 0 radical (unpaired) electrons. The van der Waals surface area contributed by atoms with Crippen LogP contribution in [-0.4, -0.2) is 25.4 Å². The molecule has 0 aromatic heterocycles. The quantitative estimate of drug-likeness (QED) is 0.457. The average Bonchev–Trinajstić information content (AvgIpc) is 2.78. The Bertz CT molecular complexity index is 749. The third kappa shape index (κ3) is 9.11. The molecule has 6 heteroatoms. The van der Waals surface area contributed by atoms with Crippen LogP contribution in [0, 0.1) is 11.8 Å². The highest BCUT2D eigenvalue weighted by molar-refractivity contribution is 5.85. The zero-order valence-electron chi connectivity index (χ0n) is 18.9. The second kappa shape index (κ2) is 12.6. The van der Waals surface area contributed by atoms with E-state index in [1.165, 1.54) is 0 Å². The molecule has 2 aromatic carbocycles. The van der Waals surface area contributed by atoms with Crippen molar-refractivity contribution >= 4 is 23.6 Å². The first-order valence-corrected chi connectivity index (χ1v) is 10.9. The van der Waals surface area contributed by atoms with Crippen LogP contribution in [0.15, 0.2) is 48.5 Å². The maximum atomic E-state index is 11.8. The first kappa shape index (κ1) is 24.3. The van der Waals surface area contributed by atoms with Gasteiger partial charge in [0, 0.05) is 11.4 Å². The lowest BCUT2D eigenvalue weighted by Crippen LogP contribution is -2.17. The molecular formula is C25H34N2O4. The number of carbonyl (C=O) groups is 2. The van der Waals surface area contributed by atoms with Gasteiger partial charge in [0.2, 0.25) is 0 Å². The minimum Gasteiger partial charge on any atom is -0.449 e. The van der Waals surface area contributed by atoms with E-state index in [1.807, 2.05) is 62.4 Å². The largest absolute Gasteiger partial charge is 0.449 e. The molecule has 0 saturated carbocycles. The highest BCUT2D eigenvalue weighted by Crippen LogP contribution is 2.16. The van der Waals surface area contributed by atoms with E-state index in [4.69, 9.17) is 9.47 Å². The fraction of sp³-hybridized carbons (Fsp3) is 0.440. The molecule has 2 amide bonds. The summed E-state index contributed by atoms with van der Waals surface area (Å²) in [5.41, 5.74) is 3.64. The van der Waals surface area contributed by atoms with Crippen LogP contribution in [-0.2, 0) is 15.9 Å². The highest BCUT2D eigenvalue weighted by Gasteiger charge is 2.08. The number of hydrogen-bond acceptors (Lipinski definition) is 4. The first-order valence-electron chi connectivity index (χ1n) is 10.9. The summed E-state index contributed by atoms with van der Waals surface area (Å²) in [7, 11) is 0. The SMILES string of the molecule is CCC(C)COC(=O)Nc1ccc(Cc2ccc(NC(=O)OCC(C)CC)cc2)cc1. The summed E-state index contributed by atoms with van der Waals surface area (Å²) in [6.45, 7) is 9.06. The molecule has 0 saturated heterocycles. The van der Waals surface area contributed by atoms with E-state index in [0.717, 1.165) is 30.4 Å². The summed E-state index contributed by atoms with van der Waals surface area (Å²) in [5.74, 6) is 0.704. The third-order valence-electron chi connectivity index (χ3n) is 5.20. The molecule has 2 unspecified atom stereocenters. The summed E-state index contributed by atoms with van der Waals surface area (Å²) in [4.78, 5) is 23.7. The van der Waals surface area contributed by atoms with E-state index in [0.29, 0.717) is 36.4 Å². The van der Waals surface area contributed by atoms with Gasteiger partial charge in [0.05, 0.1) is 13.2 Å². The van der Waals surface area contributed by atoms with Crippen LogP contribution in [0.2, 0.25) is 0 Å². The Kier molecular flexibility index (Phi) is 9.88. The first-order chi connectivity index (χ1) is 14.9. The lowest BCUT2D eigenvalue weighted by atomic mass is 10.0. The molecule has 0 bridgehead atoms. The van der Waals surface area contributed by atoms with Crippen molar-refractivity contribution in [3.05, 3.63) is 59.7 Å². The third-order valence-corrected chi connectivity index (χ3v) is 5.20. The van der Waals surface area contributed by atoms with Crippen LogP contribution in [0.4, 0.5) is 21.0 Å². The molecular weight excluding hydrogens is 392 g/mol. The van der Waals surface area contributed by atoms with Gasteiger partial charge < -0.3 is 9.47 Å². The second-order valence-corrected chi connectivity index (χ2v) is 8.04. The van der Waals surface area contributed by atoms with Gasteiger partial charge in [0.25, 0.3) is 0 Å². The summed E-state index contributed by atoms with van der Waals surface area (Å²) < 4.78 is 10.4. The number of ether oxygens (including phenoxy) is 2. The van der Waals surface area contributed by atoms with Crippen LogP contribution in [0.25, 0.3) is 0 Å². The molecule has 2 N–H and O–H groups in total. The molecule has 168 valence electrons. The minimum absolute atomic E-state index is 0.352. The predicted octanol–water partition coefficient (Wildman–Crippen LogP) is 6.47. The van der Waals surface area contributed by atoms with Gasteiger partial charge in [0.15, 0.2) is 0 Å². The molecule has 0 heterocycles. The van der Waals surface area contributed by atoms with Crippen molar-refractivity contribution in [1.29, 1.82) is 0 Å². The number of benzene rings is 2. The standard InChI is InChI=1S/C25H34N2O4/c1-5-18(3)16-30-24(28)26-22-11-7-20(8-12-22)15-21-9-13-23(14-10-21)27-25(29)31-17-19(4)6-2/h7-14,18-19H,5-6,15-17H2,1-4H3,(H,26,28)(H,27,29). The second-order valence-electron chi connectivity index (χ2n) is 8.04. The zero-order valence-corrected chi connectivity index (χ0v) is 18.9. The van der Waals surface area contributed by atoms with Crippen molar-refractivity contribution in [2.75, 3.05) is 23.8 Å². The van der Waals surface area contributed by atoms with Crippen molar-refractivity contribution in [2.45, 2.75) is 47.0 Å². The van der Waals surface area contributed by atoms with Gasteiger partial charge in [0.1, 0.15) is 0 Å². The van der Waals surface area contributed by atoms with E-state index >= 15 is 0 Å². The van der Waals surface area contributed by atoms with Crippen molar-refractivity contribution in [2.24, 2.45) is 11.8 Å². The molecule has 0 aliphatic heterocycles. The molecule has 2 atom stereocenters. The Morgan fingerprint density at radius 1 is 0.710 bits per heavy atom. The van der Waals surface area contributed by atoms with Gasteiger partial charge in [-0.25, -0.2) is 9.59 Å². The smallest absolute Gasteiger partial charge is 0.411 e. The Hall–Kier alpha value is -3.02. The number of hydrogen-bond donors (Lipinski definition) is 2. The number of rotatable bonds is 10. The van der Waals surface area contributed by atoms with Crippen molar-refractivity contribution in [3.63, 3.8) is 0 Å². The summed E-state index contributed by atoms with van der Waals surface area (Å²) in [6, 6.07) is 15.4. The minimum atomic E-state index is -0.432. The van der Waals surface area contributed by atoms with Gasteiger partial charge in [-0.2, -0.15) is 0 Å². The maximum Gasteiger partial charge on any atom is 0.411 e. The topological polar surface area (TPSA) is 76.7 Å². The van der Waals surface area contributed by atoms with Crippen LogP contribution in [0.3, 0.4) is 0 Å². The number of amides is 2. The monoisotopic (exact) mass is 426 g/mol. The molecule has 0 fully saturated rings. The van der Waals surface area contributed by atoms with E-state index in [-0.39, 0.29) is 0 Å². The fourth-order valence-electron chi connectivity index (χ4n) is 2.63. The van der Waals surface area contributed by atoms with E-state index in [1.54, 1.807) is 0 Å². The lowest BCUT2D eigenvalue weighted by Gasteiger charge is -2.11. The predicted molar refractivity (Wildman–Crippen MR) is 125 cm³/mol. The van der Waals surface area contributed by atoms with Crippen LogP contribution < -0.4 is 10.6 Å². The molecule has 2 rings (SSSR count). The summed E-state index contributed by atoms with van der Waals surface area (Å²) in [6.07, 6.45) is 1.83. The maximum absolute atomic E-state index is 11.8. The van der Waals surface area contributed by atoms with E-state index < -0.39 is 12.2 Å². The average molecular weight is 427 g/mol. The number of anilines is 2. The van der Waals surface area contributed by atoms with Crippen molar-refractivity contribution < 1.29 is 19.1 Å². The van der Waals surface area contributed by atoms with Crippen LogP contribution >= 0.6 is 0 Å². The fourth-order valence-corrected chi connectivity index (χ4v) is 2.63. The summed E-state index contributed by atoms with van der Waals surface area (Å²) in [5, 5.41) is 5.49. The van der Waals surface area contributed by atoms with E-state index in [2.05, 4.69) is 24.5 Å². The normalized spacial score (nSPS) is 12.5. The number of nitrogens with one attached hydrogen (secondary N) is 2. The zero-order chi connectivity index (χ0) is 22.6. The Morgan fingerprint density at radius 3 is 1.39 bits per heavy atom. The van der Waals surface area contributed by atoms with Gasteiger partial charge >= 0.3 is 12.2 Å². The Labute approximate surface area is 185 Å². The van der Waals surface area contributed by atoms with Gasteiger partial charge in [-0.05, 0) is 53.6 Å². The van der Waals surface area contributed by atoms with Gasteiger partial charge in [-0.1, -0.05) is 64.8 Å². The van der Waals surface area contributed by atoms with Crippen molar-refractivity contribution in [1.82, 2.24) is 0 Å². The van der Waals surface area contributed by atoms with Gasteiger partial charge in [-0.15, -0.1) is 0 Å². The highest BCUT2D eigenvalue weighted by atomic mass is 16.6. The number of carbonyl (C=O) groups excluding carboxylic acids is 2. The Morgan fingerprint density at radius 2 is 1.06 bits per heavy atom. The molecule has 2 aromatic rings. The van der Waals surface area contributed by atoms with Crippen LogP contribution in [0.5, 0.6) is 0 Å². The molecule has 31 heavy (non-hydrogen) atoms. The Balaban J connectivity index is 1.81. The van der Waals surface area contributed by atoms with Crippen molar-refractivity contribution in [3.8, 4) is 0 Å². The molecule has 0 spiro atoms. The summed E-state index contributed by atoms with van der Waals surface area (Å²) >= 11 is 0. The van der Waals surface area contributed by atoms with Gasteiger partial charge in [-0.3, -0.25) is 10.6 Å². The molecule has 6 nitrogen and oxygen atoms in total. The lowest BCUT2D eigenvalue weighted by molar-refractivity contribution is 0.142.